The maximum absolute atomic E-state index is 11.9. The van der Waals surface area contributed by atoms with Gasteiger partial charge in [0.25, 0.3) is 0 Å². The first kappa shape index (κ1) is 10.3. The molecule has 0 aromatic rings. The lowest BCUT2D eigenvalue weighted by molar-refractivity contribution is -0.157. The highest BCUT2D eigenvalue weighted by atomic mass is 19.4. The molecule has 13 heavy (non-hydrogen) atoms. The number of hydrogen-bond acceptors (Lipinski definition) is 2. The summed E-state index contributed by atoms with van der Waals surface area (Å²) in [4.78, 5) is 11.4. The Balaban J connectivity index is 2.54. The molecule has 1 heterocycles. The van der Waals surface area contributed by atoms with Gasteiger partial charge in [0, 0.05) is 0 Å². The minimum Gasteiger partial charge on any atom is -0.480 e. The molecule has 0 aromatic heterocycles. The van der Waals surface area contributed by atoms with Gasteiger partial charge in [0.1, 0.15) is 6.04 Å². The Morgan fingerprint density at radius 3 is 2.62 bits per heavy atom. The van der Waals surface area contributed by atoms with E-state index in [9.17, 15) is 18.0 Å². The first-order chi connectivity index (χ1) is 5.90. The van der Waals surface area contributed by atoms with E-state index < -0.39 is 24.7 Å². The number of rotatable bonds is 2. The molecule has 0 aliphatic carbocycles. The molecule has 1 N–H and O–H groups in total. The van der Waals surface area contributed by atoms with E-state index in [1.807, 2.05) is 0 Å². The predicted molar refractivity (Wildman–Crippen MR) is 38.3 cm³/mol. The Morgan fingerprint density at radius 1 is 1.54 bits per heavy atom. The molecule has 76 valence electrons. The molecular weight excluding hydrogens is 187 g/mol. The lowest BCUT2D eigenvalue weighted by Crippen LogP contribution is -2.41. The van der Waals surface area contributed by atoms with Crippen LogP contribution in [-0.2, 0) is 4.79 Å². The number of nitrogens with zero attached hydrogens (tertiary/aromatic N) is 1. The second-order valence-electron chi connectivity index (χ2n) is 3.08. The van der Waals surface area contributed by atoms with Gasteiger partial charge in [-0.05, 0) is 19.4 Å². The highest BCUT2D eigenvalue weighted by Gasteiger charge is 2.38. The largest absolute Gasteiger partial charge is 0.480 e. The molecular formula is C7H10F3NO2. The third-order valence-corrected chi connectivity index (χ3v) is 2.03. The van der Waals surface area contributed by atoms with Crippen molar-refractivity contribution in [3.8, 4) is 0 Å². The molecule has 0 spiro atoms. The molecule has 1 fully saturated rings. The number of hydrogen-bond donors (Lipinski definition) is 1. The molecule has 1 unspecified atom stereocenters. The Hall–Kier alpha value is -0.780. The summed E-state index contributed by atoms with van der Waals surface area (Å²) in [6, 6.07) is -0.957. The molecule has 1 aliphatic heterocycles. The van der Waals surface area contributed by atoms with Crippen LogP contribution < -0.4 is 0 Å². The van der Waals surface area contributed by atoms with Gasteiger partial charge in [-0.1, -0.05) is 0 Å². The predicted octanol–water partition coefficient (Wildman–Crippen LogP) is 1.10. The summed E-state index contributed by atoms with van der Waals surface area (Å²) in [6.07, 6.45) is -3.48. The van der Waals surface area contributed by atoms with Crippen molar-refractivity contribution in [2.75, 3.05) is 13.1 Å². The minimum absolute atomic E-state index is 0.219. The molecule has 1 aliphatic rings. The first-order valence-corrected chi connectivity index (χ1v) is 3.94. The van der Waals surface area contributed by atoms with Gasteiger partial charge in [-0.15, -0.1) is 0 Å². The van der Waals surface area contributed by atoms with Crippen LogP contribution in [0, 0.1) is 0 Å². The third-order valence-electron chi connectivity index (χ3n) is 2.03. The first-order valence-electron chi connectivity index (χ1n) is 3.94. The Labute approximate surface area is 73.1 Å². The summed E-state index contributed by atoms with van der Waals surface area (Å²) in [5.74, 6) is -1.17. The topological polar surface area (TPSA) is 40.5 Å². The third kappa shape index (κ3) is 2.87. The average molecular weight is 197 g/mol. The molecule has 0 amide bonds. The van der Waals surface area contributed by atoms with Crippen molar-refractivity contribution in [2.24, 2.45) is 0 Å². The molecule has 1 saturated heterocycles. The standard InChI is InChI=1S/C7H10F3NO2/c8-7(9,10)4-11-3-1-2-5(11)6(12)13/h5H,1-4H2,(H,12,13). The van der Waals surface area contributed by atoms with Crippen molar-refractivity contribution in [1.82, 2.24) is 4.90 Å². The van der Waals surface area contributed by atoms with Crippen LogP contribution in [0.2, 0.25) is 0 Å². The van der Waals surface area contributed by atoms with Gasteiger partial charge in [-0.25, -0.2) is 0 Å². The maximum atomic E-state index is 11.9. The molecule has 0 aromatic carbocycles. The van der Waals surface area contributed by atoms with Crippen LogP contribution in [0.25, 0.3) is 0 Å². The molecule has 0 saturated carbocycles. The van der Waals surface area contributed by atoms with Gasteiger partial charge >= 0.3 is 12.1 Å². The zero-order chi connectivity index (χ0) is 10.1. The zero-order valence-corrected chi connectivity index (χ0v) is 6.84. The smallest absolute Gasteiger partial charge is 0.401 e. The number of carboxylic acid groups (broad SMARTS) is 1. The van der Waals surface area contributed by atoms with Gasteiger partial charge in [-0.2, -0.15) is 13.2 Å². The molecule has 1 atom stereocenters. The summed E-state index contributed by atoms with van der Waals surface area (Å²) in [5.41, 5.74) is 0. The van der Waals surface area contributed by atoms with E-state index in [2.05, 4.69) is 0 Å². The lowest BCUT2D eigenvalue weighted by atomic mass is 10.2. The highest BCUT2D eigenvalue weighted by molar-refractivity contribution is 5.73. The van der Waals surface area contributed by atoms with Gasteiger partial charge in [0.05, 0.1) is 6.54 Å². The van der Waals surface area contributed by atoms with Crippen LogP contribution in [0.5, 0.6) is 0 Å². The number of carboxylic acids is 1. The summed E-state index contributed by atoms with van der Waals surface area (Å²) in [6.45, 7) is -0.902. The van der Waals surface area contributed by atoms with Crippen LogP contribution in [0.1, 0.15) is 12.8 Å². The Morgan fingerprint density at radius 2 is 2.15 bits per heavy atom. The monoisotopic (exact) mass is 197 g/mol. The SMILES string of the molecule is O=C(O)C1CCCN1CC(F)(F)F. The highest BCUT2D eigenvalue weighted by Crippen LogP contribution is 2.23. The summed E-state index contributed by atoms with van der Waals surface area (Å²) in [7, 11) is 0. The number of alkyl halides is 3. The van der Waals surface area contributed by atoms with E-state index in [1.54, 1.807) is 0 Å². The van der Waals surface area contributed by atoms with Crippen molar-refractivity contribution in [1.29, 1.82) is 0 Å². The number of halogens is 3. The van der Waals surface area contributed by atoms with Gasteiger partial charge < -0.3 is 5.11 Å². The van der Waals surface area contributed by atoms with E-state index in [0.717, 1.165) is 4.90 Å². The number of aliphatic carboxylic acids is 1. The number of likely N-dealkylation sites (tertiary alicyclic amines) is 1. The summed E-state index contributed by atoms with van der Waals surface area (Å²) >= 11 is 0. The van der Waals surface area contributed by atoms with E-state index in [0.29, 0.717) is 12.8 Å². The molecule has 0 bridgehead atoms. The normalized spacial score (nSPS) is 25.0. The van der Waals surface area contributed by atoms with Gasteiger partial charge in [0.2, 0.25) is 0 Å². The second-order valence-corrected chi connectivity index (χ2v) is 3.08. The van der Waals surface area contributed by atoms with Crippen molar-refractivity contribution < 1.29 is 23.1 Å². The summed E-state index contributed by atoms with van der Waals surface area (Å²) < 4.78 is 35.7. The van der Waals surface area contributed by atoms with Crippen molar-refractivity contribution in [2.45, 2.75) is 25.1 Å². The second kappa shape index (κ2) is 3.53. The van der Waals surface area contributed by atoms with Crippen LogP contribution in [0.3, 0.4) is 0 Å². The fraction of sp³-hybridized carbons (Fsp3) is 0.857. The quantitative estimate of drug-likeness (QED) is 0.720. The maximum Gasteiger partial charge on any atom is 0.401 e. The van der Waals surface area contributed by atoms with Crippen molar-refractivity contribution in [3.63, 3.8) is 0 Å². The molecule has 6 heteroatoms. The molecule has 3 nitrogen and oxygen atoms in total. The van der Waals surface area contributed by atoms with Crippen LogP contribution in [0.15, 0.2) is 0 Å². The number of carbonyl (C=O) groups is 1. The lowest BCUT2D eigenvalue weighted by Gasteiger charge is -2.21. The van der Waals surface area contributed by atoms with E-state index >= 15 is 0 Å². The fourth-order valence-corrected chi connectivity index (χ4v) is 1.53. The fourth-order valence-electron chi connectivity index (χ4n) is 1.53. The molecule has 0 radical (unpaired) electrons. The van der Waals surface area contributed by atoms with E-state index in [1.165, 1.54) is 0 Å². The van der Waals surface area contributed by atoms with Gasteiger partial charge in [-0.3, -0.25) is 9.69 Å². The van der Waals surface area contributed by atoms with Crippen molar-refractivity contribution >= 4 is 5.97 Å². The van der Waals surface area contributed by atoms with E-state index in [4.69, 9.17) is 5.11 Å². The average Bonchev–Trinajstić information content (AvgIpc) is 2.31. The van der Waals surface area contributed by atoms with E-state index in [-0.39, 0.29) is 6.54 Å². The zero-order valence-electron chi connectivity index (χ0n) is 6.84. The van der Waals surface area contributed by atoms with Crippen molar-refractivity contribution in [3.05, 3.63) is 0 Å². The summed E-state index contributed by atoms with van der Waals surface area (Å²) in [5, 5.41) is 8.57. The van der Waals surface area contributed by atoms with Gasteiger partial charge in [0.15, 0.2) is 0 Å². The van der Waals surface area contributed by atoms with Crippen LogP contribution in [-0.4, -0.2) is 41.3 Å². The Kier molecular flexibility index (Phi) is 2.80. The minimum atomic E-state index is -4.31. The molecule has 1 rings (SSSR count). The van der Waals surface area contributed by atoms with Crippen LogP contribution >= 0.6 is 0 Å². The van der Waals surface area contributed by atoms with Crippen LogP contribution in [0.4, 0.5) is 13.2 Å². The Bertz CT molecular complexity index is 204.